The summed E-state index contributed by atoms with van der Waals surface area (Å²) in [5.41, 5.74) is 1.86. The summed E-state index contributed by atoms with van der Waals surface area (Å²) in [6.07, 6.45) is -13.4. The minimum atomic E-state index is -2.55. The minimum absolute atomic E-state index is 0.415. The summed E-state index contributed by atoms with van der Waals surface area (Å²) in [5, 5.41) is 0. The molecule has 16 nitrogen and oxygen atoms in total. The van der Waals surface area contributed by atoms with E-state index in [1.54, 1.807) is 0 Å². The van der Waals surface area contributed by atoms with Gasteiger partial charge in [0.1, 0.15) is 35.6 Å². The first-order valence-electron chi connectivity index (χ1n) is 31.5. The first-order chi connectivity index (χ1) is 46.2. The third-order valence-corrected chi connectivity index (χ3v) is 16.9. The van der Waals surface area contributed by atoms with Gasteiger partial charge in [-0.2, -0.15) is 0 Å². The standard InChI is InChI=1S/C79H74O16/c1-54(80)88-70-68(51-85-77(59-33-15-6-16-34-59,60-35-17-7-18-36-60)61-37-19-8-20-38-61)93-75(73(91-57(4)83)72(70)90-56(3)82)95-76(53-87-79(65-45-27-12-28-46-65,66-47-29-13-30-48-66)67-49-31-14-32-50-67)74(92-58(5)84)71(89-55(2)81)69(94-76)52-86-78(62-39-21-9-22-40-62,63-41-23-10-24-42-63)64-43-25-11-26-44-64/h6-50,68-75H,51-53H2,1-5H3/t68?,69-,70?,71+,72?,73?,74?,75?,76+/m1/s1. The molecule has 0 spiro atoms. The van der Waals surface area contributed by atoms with E-state index in [-0.39, 0.29) is 0 Å². The van der Waals surface area contributed by atoms with Crippen LogP contribution in [0.25, 0.3) is 0 Å². The Labute approximate surface area is 552 Å². The lowest BCUT2D eigenvalue weighted by Crippen LogP contribution is -2.66. The highest BCUT2D eigenvalue weighted by atomic mass is 16.8. The lowest BCUT2D eigenvalue weighted by Gasteiger charge is -2.48. The van der Waals surface area contributed by atoms with E-state index in [2.05, 4.69) is 0 Å². The first kappa shape index (κ1) is 66.5. The van der Waals surface area contributed by atoms with Crippen molar-refractivity contribution in [2.24, 2.45) is 0 Å². The van der Waals surface area contributed by atoms with E-state index in [1.807, 2.05) is 273 Å². The van der Waals surface area contributed by atoms with Gasteiger partial charge in [0.15, 0.2) is 30.5 Å². The second-order valence-electron chi connectivity index (χ2n) is 23.2. The molecule has 9 aromatic carbocycles. The number of benzene rings is 9. The van der Waals surface area contributed by atoms with Gasteiger partial charge in [-0.15, -0.1) is 0 Å². The highest BCUT2D eigenvalue weighted by Crippen LogP contribution is 2.49. The molecule has 2 saturated heterocycles. The minimum Gasteiger partial charge on any atom is -0.456 e. The molecule has 0 radical (unpaired) electrons. The number of hydrogen-bond acceptors (Lipinski definition) is 16. The molecule has 11 rings (SSSR count). The van der Waals surface area contributed by atoms with Crippen molar-refractivity contribution >= 4 is 29.8 Å². The quantitative estimate of drug-likeness (QED) is 0.0298. The lowest BCUT2D eigenvalue weighted by molar-refractivity contribution is -0.390. The molecule has 0 N–H and O–H groups in total. The zero-order valence-corrected chi connectivity index (χ0v) is 53.3. The summed E-state index contributed by atoms with van der Waals surface area (Å²) in [6, 6.07) is 85.7. The van der Waals surface area contributed by atoms with Gasteiger partial charge in [0.25, 0.3) is 0 Å². The number of carbonyl (C=O) groups is 5. The molecular weight excluding hydrogens is 1200 g/mol. The Morgan fingerprint density at radius 1 is 0.316 bits per heavy atom. The van der Waals surface area contributed by atoms with Crippen LogP contribution in [0.3, 0.4) is 0 Å². The number of rotatable bonds is 25. The molecule has 0 aromatic heterocycles. The van der Waals surface area contributed by atoms with Gasteiger partial charge in [-0.3, -0.25) is 24.0 Å². The SMILES string of the molecule is CC(=O)OC1C(COC(c2ccccc2)(c2ccccc2)c2ccccc2)OC(O[C@]2(COC(c3ccccc3)(c3ccccc3)c3ccccc3)O[C@H](COC(c3ccccc3)(c3ccccc3)c3ccccc3)[C@H](OC(C)=O)C2OC(C)=O)C(OC(C)=O)C1OC(C)=O. The molecule has 2 aliphatic rings. The average molecular weight is 1280 g/mol. The second-order valence-corrected chi connectivity index (χ2v) is 23.2. The highest BCUT2D eigenvalue weighted by Gasteiger charge is 2.65. The fraction of sp³-hybridized carbons (Fsp3) is 0.253. The summed E-state index contributed by atoms with van der Waals surface area (Å²) < 4.78 is 76.1. The number of hydrogen-bond donors (Lipinski definition) is 0. The maximum atomic E-state index is 14.2. The Balaban J connectivity index is 1.12. The van der Waals surface area contributed by atoms with E-state index in [9.17, 15) is 24.0 Å². The van der Waals surface area contributed by atoms with Crippen LogP contribution in [0.4, 0.5) is 0 Å². The lowest BCUT2D eigenvalue weighted by atomic mass is 9.80. The van der Waals surface area contributed by atoms with Crippen LogP contribution in [0.1, 0.15) is 84.7 Å². The van der Waals surface area contributed by atoms with Crippen molar-refractivity contribution in [2.75, 3.05) is 19.8 Å². The first-order valence-corrected chi connectivity index (χ1v) is 31.5. The Hall–Kier alpha value is -9.91. The van der Waals surface area contributed by atoms with Crippen LogP contribution in [-0.4, -0.2) is 104 Å². The molecule has 0 aliphatic carbocycles. The summed E-state index contributed by atoms with van der Waals surface area (Å²) in [7, 11) is 0. The van der Waals surface area contributed by atoms with Crippen molar-refractivity contribution in [1.82, 2.24) is 0 Å². The van der Waals surface area contributed by atoms with Gasteiger partial charge in [-0.25, -0.2) is 0 Å². The zero-order chi connectivity index (χ0) is 66.4. The van der Waals surface area contributed by atoms with Gasteiger partial charge in [-0.05, 0) is 50.1 Å². The fourth-order valence-corrected chi connectivity index (χ4v) is 13.1. The van der Waals surface area contributed by atoms with Crippen LogP contribution < -0.4 is 0 Å². The second kappa shape index (κ2) is 30.0. The van der Waals surface area contributed by atoms with Crippen molar-refractivity contribution in [1.29, 1.82) is 0 Å². The van der Waals surface area contributed by atoms with E-state index >= 15 is 0 Å². The van der Waals surface area contributed by atoms with Gasteiger partial charge in [0.05, 0.1) is 13.2 Å². The molecule has 9 aromatic rings. The van der Waals surface area contributed by atoms with Gasteiger partial charge in [0, 0.05) is 34.6 Å². The highest BCUT2D eigenvalue weighted by molar-refractivity contribution is 5.69. The number of carbonyl (C=O) groups excluding carboxylic acids is 5. The van der Waals surface area contributed by atoms with Gasteiger partial charge >= 0.3 is 29.8 Å². The largest absolute Gasteiger partial charge is 0.456 e. The van der Waals surface area contributed by atoms with Crippen LogP contribution in [-0.2, 0) is 92.9 Å². The molecular formula is C79H74O16. The van der Waals surface area contributed by atoms with Crippen LogP contribution in [0.2, 0.25) is 0 Å². The molecule has 0 saturated carbocycles. The molecule has 9 atom stereocenters. The zero-order valence-electron chi connectivity index (χ0n) is 53.3. The van der Waals surface area contributed by atoms with Crippen molar-refractivity contribution < 1.29 is 76.1 Å². The predicted molar refractivity (Wildman–Crippen MR) is 351 cm³/mol. The summed E-state index contributed by atoms with van der Waals surface area (Å²) in [4.78, 5) is 69.3. The van der Waals surface area contributed by atoms with Crippen molar-refractivity contribution in [3.63, 3.8) is 0 Å². The smallest absolute Gasteiger partial charge is 0.303 e. The van der Waals surface area contributed by atoms with Crippen LogP contribution in [0.15, 0.2) is 273 Å². The molecule has 2 fully saturated rings. The molecule has 6 unspecified atom stereocenters. The van der Waals surface area contributed by atoms with Crippen molar-refractivity contribution in [3.05, 3.63) is 323 Å². The van der Waals surface area contributed by atoms with Crippen molar-refractivity contribution in [2.45, 2.75) is 106 Å². The Kier molecular flexibility index (Phi) is 21.0. The maximum Gasteiger partial charge on any atom is 0.303 e. The monoisotopic (exact) mass is 1280 g/mol. The van der Waals surface area contributed by atoms with Crippen LogP contribution >= 0.6 is 0 Å². The number of esters is 5. The molecule has 0 bridgehead atoms. The summed E-state index contributed by atoms with van der Waals surface area (Å²) >= 11 is 0. The molecule has 0 amide bonds. The van der Waals surface area contributed by atoms with E-state index in [0.29, 0.717) is 33.4 Å². The third-order valence-electron chi connectivity index (χ3n) is 16.9. The Bertz CT molecular complexity index is 3670. The topological polar surface area (TPSA) is 187 Å². The van der Waals surface area contributed by atoms with Gasteiger partial charge in [-0.1, -0.05) is 273 Å². The average Bonchev–Trinajstić information content (AvgIpc) is 1.72. The third kappa shape index (κ3) is 14.3. The Morgan fingerprint density at radius 3 is 0.863 bits per heavy atom. The Morgan fingerprint density at radius 2 is 0.568 bits per heavy atom. The van der Waals surface area contributed by atoms with E-state index < -0.39 is 121 Å². The predicted octanol–water partition coefficient (Wildman–Crippen LogP) is 12.5. The molecule has 2 aliphatic heterocycles. The van der Waals surface area contributed by atoms with Crippen LogP contribution in [0, 0.1) is 0 Å². The van der Waals surface area contributed by atoms with E-state index in [4.69, 9.17) is 52.1 Å². The van der Waals surface area contributed by atoms with Gasteiger partial charge < -0.3 is 52.1 Å². The molecule has 16 heteroatoms. The maximum absolute atomic E-state index is 14.2. The summed E-state index contributed by atoms with van der Waals surface area (Å²) in [6.45, 7) is 4.25. The van der Waals surface area contributed by atoms with E-state index in [1.165, 1.54) is 20.8 Å². The van der Waals surface area contributed by atoms with Crippen LogP contribution in [0.5, 0.6) is 0 Å². The molecule has 95 heavy (non-hydrogen) atoms. The summed E-state index contributed by atoms with van der Waals surface area (Å²) in [5.74, 6) is -6.79. The fourth-order valence-electron chi connectivity index (χ4n) is 13.1. The van der Waals surface area contributed by atoms with E-state index in [0.717, 1.165) is 30.5 Å². The molecule has 2 heterocycles. The van der Waals surface area contributed by atoms with Crippen molar-refractivity contribution in [3.8, 4) is 0 Å². The number of ether oxygens (including phenoxy) is 11. The molecule has 486 valence electrons. The normalized spacial score (nSPS) is 21.1. The van der Waals surface area contributed by atoms with Gasteiger partial charge in [0.2, 0.25) is 12.1 Å².